The maximum atomic E-state index is 12.3. The van der Waals surface area contributed by atoms with Crippen molar-refractivity contribution in [1.82, 2.24) is 15.5 Å². The second-order valence-electron chi connectivity index (χ2n) is 6.97. The number of carbonyl (C=O) groups excluding carboxylic acids is 1. The number of carbonyl (C=O) groups is 2. The van der Waals surface area contributed by atoms with E-state index in [9.17, 15) is 14.7 Å². The highest BCUT2D eigenvalue weighted by Gasteiger charge is 2.40. The molecule has 0 unspecified atom stereocenters. The summed E-state index contributed by atoms with van der Waals surface area (Å²) in [5.74, 6) is 0.266. The Kier molecular flexibility index (Phi) is 6.28. The van der Waals surface area contributed by atoms with Crippen LogP contribution in [-0.2, 0) is 16.0 Å². The number of hydrogen-bond donors (Lipinski definition) is 2. The van der Waals surface area contributed by atoms with E-state index in [0.29, 0.717) is 31.2 Å². The maximum Gasteiger partial charge on any atom is 0.329 e. The second-order valence-corrected chi connectivity index (χ2v) is 6.97. The molecule has 1 aromatic heterocycles. The minimum absolute atomic E-state index is 0.0972. The van der Waals surface area contributed by atoms with Crippen LogP contribution in [0.15, 0.2) is 28.8 Å². The van der Waals surface area contributed by atoms with Crippen molar-refractivity contribution in [3.05, 3.63) is 30.2 Å². The predicted molar refractivity (Wildman–Crippen MR) is 101 cm³/mol. The van der Waals surface area contributed by atoms with Crippen LogP contribution in [0.4, 0.5) is 0 Å². The number of carboxylic acids is 1. The van der Waals surface area contributed by atoms with E-state index in [1.54, 1.807) is 0 Å². The normalized spacial score (nSPS) is 15.8. The first-order valence-corrected chi connectivity index (χ1v) is 9.62. The molecule has 0 bridgehead atoms. The van der Waals surface area contributed by atoms with Gasteiger partial charge in [-0.15, -0.1) is 0 Å². The molecule has 0 radical (unpaired) electrons. The summed E-state index contributed by atoms with van der Waals surface area (Å²) < 4.78 is 10.6. The lowest BCUT2D eigenvalue weighted by molar-refractivity contribution is -0.149. The van der Waals surface area contributed by atoms with Crippen molar-refractivity contribution < 1.29 is 24.0 Å². The minimum Gasteiger partial charge on any atom is -0.494 e. The summed E-state index contributed by atoms with van der Waals surface area (Å²) in [6, 6.07) is 7.34. The van der Waals surface area contributed by atoms with E-state index in [-0.39, 0.29) is 18.7 Å². The van der Waals surface area contributed by atoms with Gasteiger partial charge in [-0.3, -0.25) is 4.79 Å². The molecule has 0 atom stereocenters. The molecular weight excluding hydrogens is 362 g/mol. The fraction of sp³-hybridized carbons (Fsp3) is 0.500. The molecule has 0 saturated heterocycles. The highest BCUT2D eigenvalue weighted by Crippen LogP contribution is 2.28. The Hall–Kier alpha value is -2.90. The van der Waals surface area contributed by atoms with Crippen LogP contribution in [0.3, 0.4) is 0 Å². The number of benzene rings is 1. The van der Waals surface area contributed by atoms with Crippen molar-refractivity contribution in [3.8, 4) is 17.1 Å². The molecule has 1 aromatic carbocycles. The van der Waals surface area contributed by atoms with Gasteiger partial charge in [0, 0.05) is 18.4 Å². The first kappa shape index (κ1) is 19.9. The van der Waals surface area contributed by atoms with Crippen LogP contribution < -0.4 is 10.1 Å². The number of aryl methyl sites for hydroxylation is 1. The highest BCUT2D eigenvalue weighted by molar-refractivity contribution is 5.87. The average molecular weight is 387 g/mol. The Morgan fingerprint density at radius 2 is 1.93 bits per heavy atom. The monoisotopic (exact) mass is 387 g/mol. The first-order chi connectivity index (χ1) is 13.5. The smallest absolute Gasteiger partial charge is 0.329 e. The van der Waals surface area contributed by atoms with Crippen molar-refractivity contribution in [2.45, 2.75) is 57.4 Å². The molecule has 1 amide bonds. The van der Waals surface area contributed by atoms with E-state index in [2.05, 4.69) is 15.5 Å². The standard InChI is InChI=1S/C20H25N3O5/c1-2-27-15-8-6-14(7-9-15)18-21-17(28-23-18)11-10-16(24)22-20(19(25)26)12-4-3-5-13-20/h6-9H,2-5,10-13H2,1H3,(H,22,24)(H,25,26). The predicted octanol–water partition coefficient (Wildman–Crippen LogP) is 2.97. The molecule has 8 heteroatoms. The van der Waals surface area contributed by atoms with Crippen LogP contribution in [0.2, 0.25) is 0 Å². The number of aliphatic carboxylic acids is 1. The van der Waals surface area contributed by atoms with Crippen LogP contribution in [0.5, 0.6) is 5.75 Å². The van der Waals surface area contributed by atoms with Gasteiger partial charge in [0.05, 0.1) is 6.61 Å². The average Bonchev–Trinajstić information content (AvgIpc) is 3.17. The number of rotatable bonds is 8. The minimum atomic E-state index is -1.14. The van der Waals surface area contributed by atoms with Gasteiger partial charge in [-0.25, -0.2) is 4.79 Å². The van der Waals surface area contributed by atoms with Gasteiger partial charge in [0.2, 0.25) is 17.6 Å². The van der Waals surface area contributed by atoms with Crippen molar-refractivity contribution in [1.29, 1.82) is 0 Å². The fourth-order valence-corrected chi connectivity index (χ4v) is 3.44. The number of ether oxygens (including phenoxy) is 1. The van der Waals surface area contributed by atoms with Crippen molar-refractivity contribution in [3.63, 3.8) is 0 Å². The van der Waals surface area contributed by atoms with E-state index in [4.69, 9.17) is 9.26 Å². The van der Waals surface area contributed by atoms with E-state index in [0.717, 1.165) is 30.6 Å². The van der Waals surface area contributed by atoms with Crippen LogP contribution in [-0.4, -0.2) is 39.3 Å². The quantitative estimate of drug-likeness (QED) is 0.715. The van der Waals surface area contributed by atoms with E-state index < -0.39 is 11.5 Å². The molecule has 1 aliphatic carbocycles. The number of hydrogen-bond acceptors (Lipinski definition) is 6. The molecule has 0 aliphatic heterocycles. The van der Waals surface area contributed by atoms with Gasteiger partial charge in [-0.05, 0) is 44.0 Å². The summed E-state index contributed by atoms with van der Waals surface area (Å²) >= 11 is 0. The van der Waals surface area contributed by atoms with Gasteiger partial charge in [-0.1, -0.05) is 24.4 Å². The third-order valence-electron chi connectivity index (χ3n) is 4.95. The lowest BCUT2D eigenvalue weighted by atomic mass is 9.81. The number of amides is 1. The molecule has 8 nitrogen and oxygen atoms in total. The molecule has 1 heterocycles. The molecule has 150 valence electrons. The molecule has 1 saturated carbocycles. The number of aromatic nitrogens is 2. The van der Waals surface area contributed by atoms with Gasteiger partial charge in [-0.2, -0.15) is 4.98 Å². The Morgan fingerprint density at radius 3 is 2.57 bits per heavy atom. The zero-order valence-corrected chi connectivity index (χ0v) is 15.9. The highest BCUT2D eigenvalue weighted by atomic mass is 16.5. The lowest BCUT2D eigenvalue weighted by Gasteiger charge is -2.33. The summed E-state index contributed by atoms with van der Waals surface area (Å²) in [7, 11) is 0. The third-order valence-corrected chi connectivity index (χ3v) is 4.95. The number of nitrogens with zero attached hydrogens (tertiary/aromatic N) is 2. The van der Waals surface area contributed by atoms with E-state index >= 15 is 0 Å². The van der Waals surface area contributed by atoms with Crippen LogP contribution in [0, 0.1) is 0 Å². The summed E-state index contributed by atoms with van der Waals surface area (Å²) in [6.07, 6.45) is 3.91. The number of nitrogens with one attached hydrogen (secondary N) is 1. The van der Waals surface area contributed by atoms with Crippen LogP contribution in [0.25, 0.3) is 11.4 Å². The van der Waals surface area contributed by atoms with Gasteiger partial charge >= 0.3 is 5.97 Å². The Balaban J connectivity index is 1.56. The lowest BCUT2D eigenvalue weighted by Crippen LogP contribution is -2.55. The van der Waals surface area contributed by atoms with Gasteiger partial charge < -0.3 is 19.7 Å². The maximum absolute atomic E-state index is 12.3. The zero-order chi connectivity index (χ0) is 20.0. The van der Waals surface area contributed by atoms with Gasteiger partial charge in [0.25, 0.3) is 0 Å². The van der Waals surface area contributed by atoms with Crippen LogP contribution in [0.1, 0.15) is 51.3 Å². The van der Waals surface area contributed by atoms with Gasteiger partial charge in [0.15, 0.2) is 0 Å². The summed E-state index contributed by atoms with van der Waals surface area (Å²) in [5, 5.41) is 16.2. The molecule has 28 heavy (non-hydrogen) atoms. The zero-order valence-electron chi connectivity index (χ0n) is 15.9. The summed E-state index contributed by atoms with van der Waals surface area (Å²) in [4.78, 5) is 28.3. The van der Waals surface area contributed by atoms with E-state index in [1.165, 1.54) is 0 Å². The first-order valence-electron chi connectivity index (χ1n) is 9.62. The Morgan fingerprint density at radius 1 is 1.21 bits per heavy atom. The van der Waals surface area contributed by atoms with Crippen LogP contribution >= 0.6 is 0 Å². The summed E-state index contributed by atoms with van der Waals surface area (Å²) in [6.45, 7) is 2.51. The SMILES string of the molecule is CCOc1ccc(-c2noc(CCC(=O)NC3(C(=O)O)CCCCC3)n2)cc1. The molecule has 3 rings (SSSR count). The van der Waals surface area contributed by atoms with Crippen molar-refractivity contribution >= 4 is 11.9 Å². The number of carboxylic acid groups (broad SMARTS) is 1. The third kappa shape index (κ3) is 4.68. The molecular formula is C20H25N3O5. The van der Waals surface area contributed by atoms with Crippen molar-refractivity contribution in [2.24, 2.45) is 0 Å². The largest absolute Gasteiger partial charge is 0.494 e. The molecule has 1 fully saturated rings. The molecule has 0 spiro atoms. The van der Waals surface area contributed by atoms with Gasteiger partial charge in [0.1, 0.15) is 11.3 Å². The fourth-order valence-electron chi connectivity index (χ4n) is 3.44. The second kappa shape index (κ2) is 8.86. The molecule has 2 N–H and O–H groups in total. The Bertz CT molecular complexity index is 810. The molecule has 2 aromatic rings. The van der Waals surface area contributed by atoms with E-state index in [1.807, 2.05) is 31.2 Å². The summed E-state index contributed by atoms with van der Waals surface area (Å²) in [5.41, 5.74) is -0.354. The Labute approximate surface area is 163 Å². The molecule has 1 aliphatic rings. The topological polar surface area (TPSA) is 115 Å². The van der Waals surface area contributed by atoms with Crippen molar-refractivity contribution in [2.75, 3.05) is 6.61 Å².